The van der Waals surface area contributed by atoms with E-state index >= 15 is 0 Å². The lowest BCUT2D eigenvalue weighted by Crippen LogP contribution is -2.57. The minimum Gasteiger partial charge on any atom is -0.363 e. The number of nitrogens with zero attached hydrogens (tertiary/aromatic N) is 2. The van der Waals surface area contributed by atoms with Gasteiger partial charge in [-0.15, -0.1) is 0 Å². The van der Waals surface area contributed by atoms with Crippen molar-refractivity contribution in [3.8, 4) is 0 Å². The van der Waals surface area contributed by atoms with Gasteiger partial charge in [0.05, 0.1) is 0 Å². The van der Waals surface area contributed by atoms with Crippen molar-refractivity contribution in [2.75, 3.05) is 31.6 Å². The van der Waals surface area contributed by atoms with Crippen LogP contribution in [0.1, 0.15) is 18.9 Å². The Balaban J connectivity index is 2.29. The average molecular weight is 247 g/mol. The van der Waals surface area contributed by atoms with Crippen LogP contribution in [0.25, 0.3) is 0 Å². The number of piperazine rings is 1. The van der Waals surface area contributed by atoms with Gasteiger partial charge in [-0.1, -0.05) is 18.2 Å². The summed E-state index contributed by atoms with van der Waals surface area (Å²) < 4.78 is 0. The van der Waals surface area contributed by atoms with Gasteiger partial charge >= 0.3 is 0 Å². The van der Waals surface area contributed by atoms with E-state index in [4.69, 9.17) is 5.73 Å². The highest BCUT2D eigenvalue weighted by molar-refractivity contribution is 5.55. The maximum absolute atomic E-state index is 5.78. The SMILES string of the molecule is Cc1ccccc1N1C(C)CN(C)CC1CCN. The van der Waals surface area contributed by atoms with Gasteiger partial charge in [-0.25, -0.2) is 0 Å². The fourth-order valence-electron chi connectivity index (χ4n) is 3.13. The van der Waals surface area contributed by atoms with Crippen molar-refractivity contribution in [3.63, 3.8) is 0 Å². The van der Waals surface area contributed by atoms with Crippen molar-refractivity contribution < 1.29 is 0 Å². The summed E-state index contributed by atoms with van der Waals surface area (Å²) in [7, 11) is 2.20. The molecule has 2 atom stereocenters. The first-order chi connectivity index (χ1) is 8.63. The van der Waals surface area contributed by atoms with Gasteiger partial charge in [-0.05, 0) is 45.5 Å². The molecule has 18 heavy (non-hydrogen) atoms. The number of hydrogen-bond donors (Lipinski definition) is 1. The van der Waals surface area contributed by atoms with Gasteiger partial charge in [0, 0.05) is 30.9 Å². The fraction of sp³-hybridized carbons (Fsp3) is 0.600. The topological polar surface area (TPSA) is 32.5 Å². The number of benzene rings is 1. The molecule has 0 aliphatic carbocycles. The smallest absolute Gasteiger partial charge is 0.0432 e. The Hall–Kier alpha value is -1.06. The summed E-state index contributed by atoms with van der Waals surface area (Å²) in [5, 5.41) is 0. The zero-order valence-corrected chi connectivity index (χ0v) is 11.8. The number of para-hydroxylation sites is 1. The molecular weight excluding hydrogens is 222 g/mol. The van der Waals surface area contributed by atoms with E-state index in [0.29, 0.717) is 12.1 Å². The summed E-state index contributed by atoms with van der Waals surface area (Å²) in [5.41, 5.74) is 8.51. The number of aryl methyl sites for hydroxylation is 1. The molecule has 3 heteroatoms. The van der Waals surface area contributed by atoms with Gasteiger partial charge in [-0.2, -0.15) is 0 Å². The quantitative estimate of drug-likeness (QED) is 0.885. The minimum atomic E-state index is 0.532. The van der Waals surface area contributed by atoms with Crippen LogP contribution in [-0.4, -0.2) is 43.7 Å². The maximum atomic E-state index is 5.78. The van der Waals surface area contributed by atoms with Crippen molar-refractivity contribution >= 4 is 5.69 Å². The Morgan fingerprint density at radius 3 is 2.67 bits per heavy atom. The molecule has 1 aliphatic heterocycles. The molecule has 100 valence electrons. The normalized spacial score (nSPS) is 25.4. The van der Waals surface area contributed by atoms with Crippen molar-refractivity contribution in [1.82, 2.24) is 4.90 Å². The molecule has 0 spiro atoms. The van der Waals surface area contributed by atoms with Crippen LogP contribution >= 0.6 is 0 Å². The highest BCUT2D eigenvalue weighted by Crippen LogP contribution is 2.28. The van der Waals surface area contributed by atoms with Gasteiger partial charge in [0.1, 0.15) is 0 Å². The van der Waals surface area contributed by atoms with Crippen molar-refractivity contribution in [2.45, 2.75) is 32.4 Å². The van der Waals surface area contributed by atoms with Crippen LogP contribution in [0, 0.1) is 6.92 Å². The van der Waals surface area contributed by atoms with Crippen LogP contribution in [0.3, 0.4) is 0 Å². The molecule has 2 rings (SSSR count). The Labute approximate surface area is 111 Å². The van der Waals surface area contributed by atoms with Crippen LogP contribution in [-0.2, 0) is 0 Å². The highest BCUT2D eigenvalue weighted by atomic mass is 15.3. The lowest BCUT2D eigenvalue weighted by Gasteiger charge is -2.46. The first-order valence-electron chi connectivity index (χ1n) is 6.86. The van der Waals surface area contributed by atoms with Gasteiger partial charge in [-0.3, -0.25) is 0 Å². The zero-order chi connectivity index (χ0) is 13.1. The molecule has 1 heterocycles. The largest absolute Gasteiger partial charge is 0.363 e. The molecule has 1 aromatic carbocycles. The third-order valence-corrected chi connectivity index (χ3v) is 3.86. The third kappa shape index (κ3) is 2.68. The molecule has 0 saturated carbocycles. The summed E-state index contributed by atoms with van der Waals surface area (Å²) in [5.74, 6) is 0. The average Bonchev–Trinajstić information content (AvgIpc) is 2.31. The molecule has 1 saturated heterocycles. The summed E-state index contributed by atoms with van der Waals surface area (Å²) in [6.45, 7) is 7.49. The Morgan fingerprint density at radius 1 is 1.28 bits per heavy atom. The predicted molar refractivity (Wildman–Crippen MR) is 78.1 cm³/mol. The molecule has 0 amide bonds. The molecule has 3 nitrogen and oxygen atoms in total. The fourth-order valence-corrected chi connectivity index (χ4v) is 3.13. The number of nitrogens with two attached hydrogens (primary N) is 1. The predicted octanol–water partition coefficient (Wildman–Crippen LogP) is 1.85. The van der Waals surface area contributed by atoms with E-state index in [1.165, 1.54) is 11.3 Å². The lowest BCUT2D eigenvalue weighted by molar-refractivity contribution is 0.227. The molecule has 0 radical (unpaired) electrons. The summed E-state index contributed by atoms with van der Waals surface area (Å²) in [6, 6.07) is 9.75. The van der Waals surface area contributed by atoms with Crippen LogP contribution in [0.4, 0.5) is 5.69 Å². The second-order valence-corrected chi connectivity index (χ2v) is 5.50. The molecular formula is C15H25N3. The zero-order valence-electron chi connectivity index (χ0n) is 11.8. The summed E-state index contributed by atoms with van der Waals surface area (Å²) in [6.07, 6.45) is 1.06. The molecule has 2 unspecified atom stereocenters. The Bertz CT molecular complexity index is 391. The molecule has 1 aromatic rings. The molecule has 1 fully saturated rings. The second kappa shape index (κ2) is 5.72. The Morgan fingerprint density at radius 2 is 2.00 bits per heavy atom. The van der Waals surface area contributed by atoms with E-state index in [0.717, 1.165) is 26.1 Å². The van der Waals surface area contributed by atoms with Crippen LogP contribution < -0.4 is 10.6 Å². The van der Waals surface area contributed by atoms with Gasteiger partial charge in [0.2, 0.25) is 0 Å². The summed E-state index contributed by atoms with van der Waals surface area (Å²) >= 11 is 0. The first kappa shape index (κ1) is 13.4. The lowest BCUT2D eigenvalue weighted by atomic mass is 10.0. The van der Waals surface area contributed by atoms with E-state index in [9.17, 15) is 0 Å². The van der Waals surface area contributed by atoms with E-state index < -0.39 is 0 Å². The molecule has 2 N–H and O–H groups in total. The maximum Gasteiger partial charge on any atom is 0.0432 e. The first-order valence-corrected chi connectivity index (χ1v) is 6.86. The van der Waals surface area contributed by atoms with Gasteiger partial charge in [0.15, 0.2) is 0 Å². The second-order valence-electron chi connectivity index (χ2n) is 5.50. The number of hydrogen-bond acceptors (Lipinski definition) is 3. The van der Waals surface area contributed by atoms with E-state index in [-0.39, 0.29) is 0 Å². The number of rotatable bonds is 3. The van der Waals surface area contributed by atoms with Crippen LogP contribution in [0.15, 0.2) is 24.3 Å². The van der Waals surface area contributed by atoms with E-state index in [1.807, 2.05) is 0 Å². The monoisotopic (exact) mass is 247 g/mol. The van der Waals surface area contributed by atoms with Crippen molar-refractivity contribution in [2.24, 2.45) is 5.73 Å². The molecule has 0 aromatic heterocycles. The summed E-state index contributed by atoms with van der Waals surface area (Å²) in [4.78, 5) is 4.99. The molecule has 0 bridgehead atoms. The van der Waals surface area contributed by atoms with Gasteiger partial charge < -0.3 is 15.5 Å². The van der Waals surface area contributed by atoms with Gasteiger partial charge in [0.25, 0.3) is 0 Å². The van der Waals surface area contributed by atoms with Crippen LogP contribution in [0.5, 0.6) is 0 Å². The third-order valence-electron chi connectivity index (χ3n) is 3.86. The number of likely N-dealkylation sites (N-methyl/N-ethyl adjacent to an activating group) is 1. The number of anilines is 1. The molecule has 1 aliphatic rings. The van der Waals surface area contributed by atoms with E-state index in [2.05, 4.69) is 55.0 Å². The Kier molecular flexibility index (Phi) is 4.25. The minimum absolute atomic E-state index is 0.532. The van der Waals surface area contributed by atoms with Crippen molar-refractivity contribution in [1.29, 1.82) is 0 Å². The standard InChI is InChI=1S/C15H25N3/c1-12-6-4-5-7-15(12)18-13(2)10-17(3)11-14(18)8-9-16/h4-7,13-14H,8-11,16H2,1-3H3. The van der Waals surface area contributed by atoms with E-state index in [1.54, 1.807) is 0 Å². The van der Waals surface area contributed by atoms with Crippen molar-refractivity contribution in [3.05, 3.63) is 29.8 Å². The highest BCUT2D eigenvalue weighted by Gasteiger charge is 2.30. The van der Waals surface area contributed by atoms with Crippen LogP contribution in [0.2, 0.25) is 0 Å².